The van der Waals surface area contributed by atoms with Gasteiger partial charge in [0.05, 0.1) is 17.3 Å². The third-order valence-corrected chi connectivity index (χ3v) is 5.91. The number of carbonyl (C=O) groups excluding carboxylic acids is 2. The average Bonchev–Trinajstić information content (AvgIpc) is 2.71. The van der Waals surface area contributed by atoms with E-state index in [1.165, 1.54) is 4.90 Å². The Morgan fingerprint density at radius 3 is 2.36 bits per heavy atom. The van der Waals surface area contributed by atoms with E-state index in [-0.39, 0.29) is 11.8 Å². The van der Waals surface area contributed by atoms with Crippen molar-refractivity contribution in [3.63, 3.8) is 0 Å². The topological polar surface area (TPSA) is 52.7 Å². The average molecular weight is 418 g/mol. The number of rotatable bonds is 7. The molecule has 0 atom stereocenters. The van der Waals surface area contributed by atoms with E-state index in [9.17, 15) is 9.59 Å². The second kappa shape index (κ2) is 10.5. The van der Waals surface area contributed by atoms with Crippen molar-refractivity contribution in [2.24, 2.45) is 0 Å². The smallest absolute Gasteiger partial charge is 0.238 e. The number of anilines is 1. The van der Waals surface area contributed by atoms with E-state index >= 15 is 0 Å². The van der Waals surface area contributed by atoms with E-state index in [1.54, 1.807) is 23.9 Å². The summed E-state index contributed by atoms with van der Waals surface area (Å²) in [7, 11) is 0. The van der Waals surface area contributed by atoms with Gasteiger partial charge in [0, 0.05) is 43.2 Å². The normalized spacial score (nSPS) is 14.7. The molecule has 148 valence electrons. The summed E-state index contributed by atoms with van der Waals surface area (Å²) < 4.78 is 0. The first-order chi connectivity index (χ1) is 13.6. The van der Waals surface area contributed by atoms with E-state index in [4.69, 9.17) is 11.6 Å². The van der Waals surface area contributed by atoms with Crippen LogP contribution in [0.3, 0.4) is 0 Å². The molecule has 0 bridgehead atoms. The molecule has 1 N–H and O–H groups in total. The van der Waals surface area contributed by atoms with Crippen molar-refractivity contribution in [1.82, 2.24) is 9.80 Å². The van der Waals surface area contributed by atoms with Gasteiger partial charge in [-0.25, -0.2) is 0 Å². The summed E-state index contributed by atoms with van der Waals surface area (Å²) in [6.45, 7) is 3.03. The maximum Gasteiger partial charge on any atom is 0.238 e. The molecular weight excluding hydrogens is 394 g/mol. The minimum Gasteiger partial charge on any atom is -0.340 e. The molecule has 7 heteroatoms. The lowest BCUT2D eigenvalue weighted by Gasteiger charge is -2.34. The first kappa shape index (κ1) is 20.7. The molecule has 0 spiro atoms. The van der Waals surface area contributed by atoms with Crippen molar-refractivity contribution in [3.8, 4) is 0 Å². The molecule has 1 aliphatic heterocycles. The Kier molecular flexibility index (Phi) is 7.77. The van der Waals surface area contributed by atoms with Gasteiger partial charge in [0.15, 0.2) is 0 Å². The fourth-order valence-electron chi connectivity index (χ4n) is 3.04. The molecular formula is C21H24ClN3O2S. The molecule has 0 radical (unpaired) electrons. The second-order valence-electron chi connectivity index (χ2n) is 6.60. The molecule has 2 aromatic carbocycles. The van der Waals surface area contributed by atoms with Crippen molar-refractivity contribution >= 4 is 40.9 Å². The summed E-state index contributed by atoms with van der Waals surface area (Å²) in [6, 6.07) is 17.3. The van der Waals surface area contributed by atoms with Gasteiger partial charge >= 0.3 is 0 Å². The van der Waals surface area contributed by atoms with E-state index in [0.29, 0.717) is 49.9 Å². The van der Waals surface area contributed by atoms with Gasteiger partial charge in [0.25, 0.3) is 0 Å². The Hall–Kier alpha value is -2.02. The van der Waals surface area contributed by atoms with Gasteiger partial charge in [-0.1, -0.05) is 41.9 Å². The van der Waals surface area contributed by atoms with Gasteiger partial charge in [0.2, 0.25) is 11.8 Å². The summed E-state index contributed by atoms with van der Waals surface area (Å²) in [5, 5.41) is 3.37. The Labute approximate surface area is 175 Å². The summed E-state index contributed by atoms with van der Waals surface area (Å²) in [5.41, 5.74) is 0.624. The van der Waals surface area contributed by atoms with E-state index in [2.05, 4.69) is 22.3 Å². The Morgan fingerprint density at radius 2 is 1.64 bits per heavy atom. The second-order valence-corrected chi connectivity index (χ2v) is 8.17. The first-order valence-corrected chi connectivity index (χ1v) is 10.7. The lowest BCUT2D eigenvalue weighted by atomic mass is 10.2. The number of nitrogens with one attached hydrogen (secondary N) is 1. The van der Waals surface area contributed by atoms with Gasteiger partial charge < -0.3 is 10.2 Å². The van der Waals surface area contributed by atoms with Gasteiger partial charge in [-0.3, -0.25) is 14.5 Å². The zero-order valence-corrected chi connectivity index (χ0v) is 17.2. The lowest BCUT2D eigenvalue weighted by molar-refractivity contribution is -0.132. The van der Waals surface area contributed by atoms with Gasteiger partial charge in [-0.2, -0.15) is 0 Å². The highest BCUT2D eigenvalue weighted by atomic mass is 35.5. The molecule has 1 fully saturated rings. The highest BCUT2D eigenvalue weighted by Crippen LogP contribution is 2.20. The maximum atomic E-state index is 12.4. The zero-order valence-electron chi connectivity index (χ0n) is 15.6. The van der Waals surface area contributed by atoms with Crippen LogP contribution in [0.25, 0.3) is 0 Å². The minimum absolute atomic E-state index is 0.0906. The highest BCUT2D eigenvalue weighted by molar-refractivity contribution is 7.99. The van der Waals surface area contributed by atoms with Crippen LogP contribution in [0.4, 0.5) is 5.69 Å². The van der Waals surface area contributed by atoms with Crippen molar-refractivity contribution < 1.29 is 9.59 Å². The lowest BCUT2D eigenvalue weighted by Crippen LogP contribution is -2.50. The fraction of sp³-hybridized carbons (Fsp3) is 0.333. The van der Waals surface area contributed by atoms with Crippen molar-refractivity contribution in [3.05, 3.63) is 59.6 Å². The standard InChI is InChI=1S/C21H24ClN3O2S/c22-18-8-4-5-9-19(18)23-20(26)16-24-11-13-25(14-12-24)21(27)10-15-28-17-6-2-1-3-7-17/h1-9H,10-16H2,(H,23,26). The van der Waals surface area contributed by atoms with Gasteiger partial charge in [-0.15, -0.1) is 11.8 Å². The van der Waals surface area contributed by atoms with Crippen LogP contribution >= 0.6 is 23.4 Å². The molecule has 0 unspecified atom stereocenters. The van der Waals surface area contributed by atoms with Crippen LogP contribution in [-0.2, 0) is 9.59 Å². The summed E-state index contributed by atoms with van der Waals surface area (Å²) in [6.07, 6.45) is 0.534. The van der Waals surface area contributed by atoms with Crippen molar-refractivity contribution in [1.29, 1.82) is 0 Å². The molecule has 0 saturated carbocycles. The monoisotopic (exact) mass is 417 g/mol. The number of para-hydroxylation sites is 1. The number of hydrogen-bond acceptors (Lipinski definition) is 4. The van der Waals surface area contributed by atoms with Crippen LogP contribution < -0.4 is 5.32 Å². The first-order valence-electron chi connectivity index (χ1n) is 9.34. The molecule has 0 aromatic heterocycles. The minimum atomic E-state index is -0.0906. The largest absolute Gasteiger partial charge is 0.340 e. The van der Waals surface area contributed by atoms with Crippen molar-refractivity contribution in [2.45, 2.75) is 11.3 Å². The predicted octanol–water partition coefficient (Wildman–Crippen LogP) is 3.61. The molecule has 2 aromatic rings. The number of benzene rings is 2. The number of nitrogens with zero attached hydrogens (tertiary/aromatic N) is 2. The van der Waals surface area contributed by atoms with Crippen LogP contribution in [0.2, 0.25) is 5.02 Å². The molecule has 5 nitrogen and oxygen atoms in total. The Balaban J connectivity index is 1.36. The number of amides is 2. The van der Waals surface area contributed by atoms with Crippen LogP contribution in [-0.4, -0.2) is 60.1 Å². The summed E-state index contributed by atoms with van der Waals surface area (Å²) in [5.74, 6) is 0.874. The zero-order chi connectivity index (χ0) is 19.8. The van der Waals surface area contributed by atoms with Gasteiger partial charge in [-0.05, 0) is 24.3 Å². The SMILES string of the molecule is O=C(CN1CCN(C(=O)CCSc2ccccc2)CC1)Nc1ccccc1Cl. The van der Waals surface area contributed by atoms with Crippen LogP contribution in [0.1, 0.15) is 6.42 Å². The molecule has 1 heterocycles. The number of carbonyl (C=O) groups is 2. The summed E-state index contributed by atoms with van der Waals surface area (Å²) >= 11 is 7.77. The predicted molar refractivity (Wildman–Crippen MR) is 115 cm³/mol. The fourth-order valence-corrected chi connectivity index (χ4v) is 4.09. The van der Waals surface area contributed by atoms with Gasteiger partial charge in [0.1, 0.15) is 0 Å². The molecule has 1 aliphatic rings. The summed E-state index contributed by atoms with van der Waals surface area (Å²) in [4.78, 5) is 29.8. The van der Waals surface area contributed by atoms with Crippen molar-refractivity contribution in [2.75, 3.05) is 43.8 Å². The third-order valence-electron chi connectivity index (χ3n) is 4.57. The number of piperazine rings is 1. The van der Waals surface area contributed by atoms with Crippen LogP contribution in [0.15, 0.2) is 59.5 Å². The molecule has 3 rings (SSSR count). The van der Waals surface area contributed by atoms with E-state index in [1.807, 2.05) is 35.2 Å². The molecule has 0 aliphatic carbocycles. The number of hydrogen-bond donors (Lipinski definition) is 1. The number of halogens is 1. The highest BCUT2D eigenvalue weighted by Gasteiger charge is 2.22. The Bertz CT molecular complexity index is 795. The maximum absolute atomic E-state index is 12.4. The molecule has 28 heavy (non-hydrogen) atoms. The third kappa shape index (κ3) is 6.26. The van der Waals surface area contributed by atoms with E-state index < -0.39 is 0 Å². The molecule has 1 saturated heterocycles. The Morgan fingerprint density at radius 1 is 0.964 bits per heavy atom. The molecule has 2 amide bonds. The van der Waals surface area contributed by atoms with Crippen LogP contribution in [0, 0.1) is 0 Å². The van der Waals surface area contributed by atoms with E-state index in [0.717, 1.165) is 5.75 Å². The number of thioether (sulfide) groups is 1. The van der Waals surface area contributed by atoms with Crippen LogP contribution in [0.5, 0.6) is 0 Å². The quantitative estimate of drug-likeness (QED) is 0.699.